The lowest BCUT2D eigenvalue weighted by Gasteiger charge is -2.19. The largest absolute Gasteiger partial charge is 0.469 e. The first kappa shape index (κ1) is 13.3. The molecule has 98 valence electrons. The third-order valence-electron chi connectivity index (χ3n) is 2.76. The summed E-state index contributed by atoms with van der Waals surface area (Å²) in [5, 5.41) is 4.54. The number of aryl methyl sites for hydroxylation is 2. The summed E-state index contributed by atoms with van der Waals surface area (Å²) >= 11 is 1.74. The first-order chi connectivity index (χ1) is 8.37. The monoisotopic (exact) mass is 264 g/mol. The van der Waals surface area contributed by atoms with Gasteiger partial charge in [0.1, 0.15) is 10.8 Å². The quantitative estimate of drug-likeness (QED) is 0.913. The number of hydrogen-bond acceptors (Lipinski definition) is 4. The minimum absolute atomic E-state index is 0.127. The Labute approximate surface area is 112 Å². The number of furan rings is 1. The highest BCUT2D eigenvalue weighted by molar-refractivity contribution is 7.15. The van der Waals surface area contributed by atoms with Gasteiger partial charge in [0.05, 0.1) is 17.5 Å². The molecule has 2 aromatic heterocycles. The zero-order valence-corrected chi connectivity index (χ0v) is 12.4. The van der Waals surface area contributed by atoms with E-state index in [9.17, 15) is 0 Å². The molecular formula is C14H20N2OS. The van der Waals surface area contributed by atoms with E-state index < -0.39 is 0 Å². The summed E-state index contributed by atoms with van der Waals surface area (Å²) in [6, 6.07) is 1.98. The minimum Gasteiger partial charge on any atom is -0.469 e. The first-order valence-electron chi connectivity index (χ1n) is 6.12. The highest BCUT2D eigenvalue weighted by Gasteiger charge is 2.15. The second kappa shape index (κ2) is 4.86. The molecule has 1 N–H and O–H groups in total. The van der Waals surface area contributed by atoms with Gasteiger partial charge >= 0.3 is 0 Å². The molecule has 0 aliphatic carbocycles. The normalized spacial score (nSPS) is 12.1. The molecule has 0 amide bonds. The SMILES string of the molecule is Cc1nc(-c2ccoc2C)sc1CNC(C)(C)C. The van der Waals surface area contributed by atoms with Crippen LogP contribution in [0.15, 0.2) is 16.7 Å². The second-order valence-corrected chi connectivity index (χ2v) is 6.61. The van der Waals surface area contributed by atoms with Crippen molar-refractivity contribution in [3.8, 4) is 10.6 Å². The Kier molecular flexibility index (Phi) is 3.59. The summed E-state index contributed by atoms with van der Waals surface area (Å²) in [5.41, 5.74) is 2.33. The summed E-state index contributed by atoms with van der Waals surface area (Å²) in [6.45, 7) is 11.4. The number of nitrogens with one attached hydrogen (secondary N) is 1. The molecule has 3 nitrogen and oxygen atoms in total. The van der Waals surface area contributed by atoms with Crippen molar-refractivity contribution in [3.05, 3.63) is 28.7 Å². The topological polar surface area (TPSA) is 38.1 Å². The molecule has 0 atom stereocenters. The van der Waals surface area contributed by atoms with Crippen LogP contribution in [0.4, 0.5) is 0 Å². The fraction of sp³-hybridized carbons (Fsp3) is 0.500. The van der Waals surface area contributed by atoms with Crippen molar-refractivity contribution in [1.29, 1.82) is 0 Å². The Morgan fingerprint density at radius 3 is 2.61 bits per heavy atom. The molecule has 0 aromatic carbocycles. The lowest BCUT2D eigenvalue weighted by atomic mass is 10.1. The molecular weight excluding hydrogens is 244 g/mol. The third-order valence-corrected chi connectivity index (χ3v) is 3.95. The van der Waals surface area contributed by atoms with E-state index in [1.54, 1.807) is 17.6 Å². The average molecular weight is 264 g/mol. The van der Waals surface area contributed by atoms with Crippen molar-refractivity contribution in [2.45, 2.75) is 46.7 Å². The van der Waals surface area contributed by atoms with Crippen LogP contribution in [0, 0.1) is 13.8 Å². The number of hydrogen-bond donors (Lipinski definition) is 1. The van der Waals surface area contributed by atoms with Crippen molar-refractivity contribution in [1.82, 2.24) is 10.3 Å². The van der Waals surface area contributed by atoms with Crippen molar-refractivity contribution >= 4 is 11.3 Å². The smallest absolute Gasteiger partial charge is 0.127 e. The zero-order valence-electron chi connectivity index (χ0n) is 11.6. The van der Waals surface area contributed by atoms with Gasteiger partial charge in [0.2, 0.25) is 0 Å². The molecule has 0 saturated heterocycles. The van der Waals surface area contributed by atoms with Crippen molar-refractivity contribution < 1.29 is 4.42 Å². The molecule has 0 spiro atoms. The summed E-state index contributed by atoms with van der Waals surface area (Å²) in [5.74, 6) is 0.930. The molecule has 0 unspecified atom stereocenters. The van der Waals surface area contributed by atoms with Crippen molar-refractivity contribution in [2.24, 2.45) is 0 Å². The van der Waals surface area contributed by atoms with Gasteiger partial charge in [-0.15, -0.1) is 11.3 Å². The predicted octanol–water partition coefficient (Wildman–Crippen LogP) is 3.91. The zero-order chi connectivity index (χ0) is 13.3. The standard InChI is InChI=1S/C14H20N2OS/c1-9-12(8-15-14(3,4)5)18-13(16-9)11-6-7-17-10(11)2/h6-7,15H,8H2,1-5H3. The van der Waals surface area contributed by atoms with E-state index in [1.165, 1.54) is 4.88 Å². The van der Waals surface area contributed by atoms with Gasteiger partial charge in [0, 0.05) is 17.0 Å². The van der Waals surface area contributed by atoms with Crippen molar-refractivity contribution in [2.75, 3.05) is 0 Å². The van der Waals surface area contributed by atoms with E-state index in [0.717, 1.165) is 28.6 Å². The molecule has 0 radical (unpaired) electrons. The van der Waals surface area contributed by atoms with Crippen molar-refractivity contribution in [3.63, 3.8) is 0 Å². The van der Waals surface area contributed by atoms with Crippen LogP contribution in [0.25, 0.3) is 10.6 Å². The fourth-order valence-corrected chi connectivity index (χ4v) is 2.73. The summed E-state index contributed by atoms with van der Waals surface area (Å²) in [7, 11) is 0. The molecule has 0 aliphatic rings. The first-order valence-corrected chi connectivity index (χ1v) is 6.94. The van der Waals surface area contributed by atoms with Gasteiger partial charge in [0.25, 0.3) is 0 Å². The van der Waals surface area contributed by atoms with Crippen LogP contribution in [0.3, 0.4) is 0 Å². The van der Waals surface area contributed by atoms with E-state index in [2.05, 4.69) is 38.0 Å². The van der Waals surface area contributed by atoms with Crippen LogP contribution in [0.2, 0.25) is 0 Å². The van der Waals surface area contributed by atoms with Crippen LogP contribution in [-0.4, -0.2) is 10.5 Å². The van der Waals surface area contributed by atoms with E-state index >= 15 is 0 Å². The highest BCUT2D eigenvalue weighted by Crippen LogP contribution is 2.30. The predicted molar refractivity (Wildman–Crippen MR) is 75.9 cm³/mol. The van der Waals surface area contributed by atoms with Crippen LogP contribution in [0.1, 0.15) is 37.1 Å². The Balaban J connectivity index is 2.20. The van der Waals surface area contributed by atoms with E-state index in [1.807, 2.05) is 13.0 Å². The molecule has 18 heavy (non-hydrogen) atoms. The Bertz CT molecular complexity index is 534. The second-order valence-electron chi connectivity index (χ2n) is 5.52. The number of rotatable bonds is 3. The summed E-state index contributed by atoms with van der Waals surface area (Å²) < 4.78 is 5.33. The van der Waals surface area contributed by atoms with Gasteiger partial charge in [-0.2, -0.15) is 0 Å². The lowest BCUT2D eigenvalue weighted by Crippen LogP contribution is -2.34. The molecule has 2 aromatic rings. The number of thiazole rings is 1. The fourth-order valence-electron chi connectivity index (χ4n) is 1.66. The Morgan fingerprint density at radius 2 is 2.06 bits per heavy atom. The average Bonchev–Trinajstić information content (AvgIpc) is 2.81. The van der Waals surface area contributed by atoms with E-state index in [4.69, 9.17) is 4.42 Å². The van der Waals surface area contributed by atoms with E-state index in [-0.39, 0.29) is 5.54 Å². The van der Waals surface area contributed by atoms with Crippen LogP contribution < -0.4 is 5.32 Å². The Hall–Kier alpha value is -1.13. The van der Waals surface area contributed by atoms with Gasteiger partial charge in [0.15, 0.2) is 0 Å². The maximum Gasteiger partial charge on any atom is 0.127 e. The maximum atomic E-state index is 5.33. The summed E-state index contributed by atoms with van der Waals surface area (Å²) in [6.07, 6.45) is 1.72. The summed E-state index contributed by atoms with van der Waals surface area (Å²) in [4.78, 5) is 5.93. The highest BCUT2D eigenvalue weighted by atomic mass is 32.1. The molecule has 0 bridgehead atoms. The minimum atomic E-state index is 0.127. The van der Waals surface area contributed by atoms with Gasteiger partial charge in [-0.1, -0.05) is 0 Å². The third kappa shape index (κ3) is 3.00. The molecule has 2 rings (SSSR count). The van der Waals surface area contributed by atoms with Gasteiger partial charge < -0.3 is 9.73 Å². The molecule has 4 heteroatoms. The molecule has 0 fully saturated rings. The van der Waals surface area contributed by atoms with Crippen LogP contribution >= 0.6 is 11.3 Å². The van der Waals surface area contributed by atoms with Gasteiger partial charge in [-0.05, 0) is 40.7 Å². The molecule has 0 saturated carbocycles. The number of aromatic nitrogens is 1. The van der Waals surface area contributed by atoms with Gasteiger partial charge in [-0.25, -0.2) is 4.98 Å². The lowest BCUT2D eigenvalue weighted by molar-refractivity contribution is 0.425. The molecule has 0 aliphatic heterocycles. The van der Waals surface area contributed by atoms with Gasteiger partial charge in [-0.3, -0.25) is 0 Å². The number of nitrogens with zero attached hydrogens (tertiary/aromatic N) is 1. The molecule has 2 heterocycles. The van der Waals surface area contributed by atoms with E-state index in [0.29, 0.717) is 0 Å². The van der Waals surface area contributed by atoms with Crippen LogP contribution in [0.5, 0.6) is 0 Å². The van der Waals surface area contributed by atoms with Crippen LogP contribution in [-0.2, 0) is 6.54 Å². The maximum absolute atomic E-state index is 5.33. The Morgan fingerprint density at radius 1 is 1.33 bits per heavy atom.